The number of rotatable bonds is 8. The van der Waals surface area contributed by atoms with Gasteiger partial charge in [-0.25, -0.2) is 4.79 Å². The summed E-state index contributed by atoms with van der Waals surface area (Å²) in [6.07, 6.45) is 0.968. The van der Waals surface area contributed by atoms with Crippen LogP contribution < -0.4 is 10.1 Å². The van der Waals surface area contributed by atoms with E-state index in [0.29, 0.717) is 11.7 Å². The lowest BCUT2D eigenvalue weighted by molar-refractivity contribution is -0.149. The van der Waals surface area contributed by atoms with Crippen molar-refractivity contribution in [2.45, 2.75) is 26.2 Å². The number of anilines is 1. The molecule has 0 bridgehead atoms. The molecule has 1 atom stereocenters. The smallest absolute Gasteiger partial charge is 0.344 e. The Bertz CT molecular complexity index is 746. The molecule has 2 aromatic carbocycles. The highest BCUT2D eigenvalue weighted by Gasteiger charge is 2.13. The molecule has 2 aromatic rings. The predicted octanol–water partition coefficient (Wildman–Crippen LogP) is 4.52. The minimum atomic E-state index is -0.599. The number of carbonyl (C=O) groups is 2. The lowest BCUT2D eigenvalue weighted by Crippen LogP contribution is -2.24. The van der Waals surface area contributed by atoms with Crippen molar-refractivity contribution in [3.8, 4) is 5.75 Å². The Balaban J connectivity index is 1.79. The van der Waals surface area contributed by atoms with E-state index in [1.807, 2.05) is 36.4 Å². The maximum atomic E-state index is 12.1. The first-order valence-corrected chi connectivity index (χ1v) is 9.21. The summed E-state index contributed by atoms with van der Waals surface area (Å²) in [6.45, 7) is 3.59. The molecular formula is C20H22BrNO4. The maximum absolute atomic E-state index is 12.1. The van der Waals surface area contributed by atoms with Crippen LogP contribution in [0.3, 0.4) is 0 Å². The summed E-state index contributed by atoms with van der Waals surface area (Å²) in [7, 11) is 0. The van der Waals surface area contributed by atoms with Crippen molar-refractivity contribution in [3.05, 3.63) is 58.6 Å². The van der Waals surface area contributed by atoms with Gasteiger partial charge in [0.15, 0.2) is 13.2 Å². The second-order valence-electron chi connectivity index (χ2n) is 5.85. The third kappa shape index (κ3) is 6.19. The zero-order chi connectivity index (χ0) is 18.9. The molecule has 0 spiro atoms. The van der Waals surface area contributed by atoms with Crippen LogP contribution in [-0.4, -0.2) is 25.1 Å². The number of ether oxygens (including phenoxy) is 2. The first kappa shape index (κ1) is 20.0. The van der Waals surface area contributed by atoms with E-state index >= 15 is 0 Å². The van der Waals surface area contributed by atoms with E-state index in [-0.39, 0.29) is 19.1 Å². The van der Waals surface area contributed by atoms with Gasteiger partial charge in [-0.1, -0.05) is 48.0 Å². The van der Waals surface area contributed by atoms with Crippen LogP contribution in [0.4, 0.5) is 5.69 Å². The van der Waals surface area contributed by atoms with E-state index < -0.39 is 5.97 Å². The van der Waals surface area contributed by atoms with E-state index in [1.165, 1.54) is 0 Å². The standard InChI is InChI=1S/C20H22BrNO4/c1-3-14(2)17-6-4-5-7-18(17)22-19(23)12-26-20(24)13-25-16-10-8-15(21)9-11-16/h4-11,14H,3,12-13H2,1-2H3,(H,22,23)/t14-/m0/s1. The molecule has 5 nitrogen and oxygen atoms in total. The second kappa shape index (κ2) is 9.97. The van der Waals surface area contributed by atoms with Crippen LogP contribution in [0, 0.1) is 0 Å². The topological polar surface area (TPSA) is 64.6 Å². The summed E-state index contributed by atoms with van der Waals surface area (Å²) in [5, 5.41) is 2.80. The Morgan fingerprint density at radius 1 is 1.08 bits per heavy atom. The van der Waals surface area contributed by atoms with Crippen LogP contribution in [0.2, 0.25) is 0 Å². The normalized spacial score (nSPS) is 11.5. The third-order valence-corrected chi connectivity index (χ3v) is 4.44. The van der Waals surface area contributed by atoms with Crippen molar-refractivity contribution in [1.82, 2.24) is 0 Å². The van der Waals surface area contributed by atoms with Gasteiger partial charge in [0.2, 0.25) is 0 Å². The van der Waals surface area contributed by atoms with E-state index in [1.54, 1.807) is 12.1 Å². The summed E-state index contributed by atoms with van der Waals surface area (Å²) in [5.74, 6) is -0.0959. The summed E-state index contributed by atoms with van der Waals surface area (Å²) < 4.78 is 11.2. The quantitative estimate of drug-likeness (QED) is 0.638. The van der Waals surface area contributed by atoms with Gasteiger partial charge in [-0.05, 0) is 48.2 Å². The minimum Gasteiger partial charge on any atom is -0.482 e. The maximum Gasteiger partial charge on any atom is 0.344 e. The highest BCUT2D eigenvalue weighted by atomic mass is 79.9. The van der Waals surface area contributed by atoms with Crippen molar-refractivity contribution < 1.29 is 19.1 Å². The number of hydrogen-bond donors (Lipinski definition) is 1. The van der Waals surface area contributed by atoms with Crippen molar-refractivity contribution in [1.29, 1.82) is 0 Å². The number of amides is 1. The van der Waals surface area contributed by atoms with Gasteiger partial charge in [0.25, 0.3) is 5.91 Å². The Kier molecular flexibility index (Phi) is 7.66. The number of benzene rings is 2. The Morgan fingerprint density at radius 2 is 1.77 bits per heavy atom. The summed E-state index contributed by atoms with van der Waals surface area (Å²) >= 11 is 3.32. The van der Waals surface area contributed by atoms with Gasteiger partial charge in [0.1, 0.15) is 5.75 Å². The zero-order valence-corrected chi connectivity index (χ0v) is 16.4. The first-order chi connectivity index (χ1) is 12.5. The van der Waals surface area contributed by atoms with Crippen LogP contribution >= 0.6 is 15.9 Å². The van der Waals surface area contributed by atoms with E-state index in [2.05, 4.69) is 35.1 Å². The number of halogens is 1. The van der Waals surface area contributed by atoms with Crippen molar-refractivity contribution in [2.75, 3.05) is 18.5 Å². The number of esters is 1. The predicted molar refractivity (Wildman–Crippen MR) is 104 cm³/mol. The number of carbonyl (C=O) groups excluding carboxylic acids is 2. The zero-order valence-electron chi connectivity index (χ0n) is 14.8. The van der Waals surface area contributed by atoms with Crippen LogP contribution in [-0.2, 0) is 14.3 Å². The lowest BCUT2D eigenvalue weighted by Gasteiger charge is -2.15. The van der Waals surface area contributed by atoms with Crippen LogP contribution in [0.15, 0.2) is 53.0 Å². The Labute approximate surface area is 161 Å². The molecule has 0 saturated heterocycles. The molecule has 26 heavy (non-hydrogen) atoms. The van der Waals surface area contributed by atoms with Gasteiger partial charge in [-0.15, -0.1) is 0 Å². The average Bonchev–Trinajstić information content (AvgIpc) is 2.65. The average molecular weight is 420 g/mol. The molecule has 0 aliphatic rings. The molecule has 1 N–H and O–H groups in total. The fourth-order valence-corrected chi connectivity index (χ4v) is 2.57. The highest BCUT2D eigenvalue weighted by molar-refractivity contribution is 9.10. The molecular weight excluding hydrogens is 398 g/mol. The van der Waals surface area contributed by atoms with E-state index in [0.717, 1.165) is 22.1 Å². The SMILES string of the molecule is CC[C@H](C)c1ccccc1NC(=O)COC(=O)COc1ccc(Br)cc1. The summed E-state index contributed by atoms with van der Waals surface area (Å²) in [6, 6.07) is 14.7. The number of para-hydroxylation sites is 1. The van der Waals surface area contributed by atoms with E-state index in [4.69, 9.17) is 9.47 Å². The van der Waals surface area contributed by atoms with Crippen LogP contribution in [0.5, 0.6) is 5.75 Å². The largest absolute Gasteiger partial charge is 0.482 e. The van der Waals surface area contributed by atoms with Crippen molar-refractivity contribution >= 4 is 33.5 Å². The van der Waals surface area contributed by atoms with Crippen molar-refractivity contribution in [3.63, 3.8) is 0 Å². The van der Waals surface area contributed by atoms with Gasteiger partial charge in [-0.3, -0.25) is 4.79 Å². The molecule has 1 amide bonds. The van der Waals surface area contributed by atoms with Gasteiger partial charge < -0.3 is 14.8 Å². The van der Waals surface area contributed by atoms with Gasteiger partial charge >= 0.3 is 5.97 Å². The molecule has 0 heterocycles. The lowest BCUT2D eigenvalue weighted by atomic mass is 9.97. The molecule has 0 saturated carbocycles. The first-order valence-electron chi connectivity index (χ1n) is 8.42. The fourth-order valence-electron chi connectivity index (χ4n) is 2.31. The molecule has 0 aliphatic heterocycles. The highest BCUT2D eigenvalue weighted by Crippen LogP contribution is 2.26. The number of nitrogens with one attached hydrogen (secondary N) is 1. The summed E-state index contributed by atoms with van der Waals surface area (Å²) in [5.41, 5.74) is 1.81. The van der Waals surface area contributed by atoms with Gasteiger partial charge in [0, 0.05) is 10.2 Å². The van der Waals surface area contributed by atoms with Gasteiger partial charge in [-0.2, -0.15) is 0 Å². The molecule has 0 fully saturated rings. The molecule has 2 rings (SSSR count). The van der Waals surface area contributed by atoms with E-state index in [9.17, 15) is 9.59 Å². The number of hydrogen-bond acceptors (Lipinski definition) is 4. The Morgan fingerprint density at radius 3 is 2.46 bits per heavy atom. The molecule has 0 unspecified atom stereocenters. The van der Waals surface area contributed by atoms with Crippen LogP contribution in [0.1, 0.15) is 31.7 Å². The minimum absolute atomic E-state index is 0.252. The van der Waals surface area contributed by atoms with Gasteiger partial charge in [0.05, 0.1) is 0 Å². The third-order valence-electron chi connectivity index (χ3n) is 3.91. The molecule has 0 aliphatic carbocycles. The summed E-state index contributed by atoms with van der Waals surface area (Å²) in [4.78, 5) is 23.8. The van der Waals surface area contributed by atoms with Crippen molar-refractivity contribution in [2.24, 2.45) is 0 Å². The molecule has 138 valence electrons. The van der Waals surface area contributed by atoms with Crippen LogP contribution in [0.25, 0.3) is 0 Å². The fraction of sp³-hybridized carbons (Fsp3) is 0.300. The molecule has 0 radical (unpaired) electrons. The molecule has 6 heteroatoms. The Hall–Kier alpha value is -2.34. The second-order valence-corrected chi connectivity index (χ2v) is 6.76. The monoisotopic (exact) mass is 419 g/mol. The molecule has 0 aromatic heterocycles.